The van der Waals surface area contributed by atoms with E-state index >= 15 is 0 Å². The van der Waals surface area contributed by atoms with Gasteiger partial charge in [0.15, 0.2) is 0 Å². The highest BCUT2D eigenvalue weighted by atomic mass is 16.6. The van der Waals surface area contributed by atoms with Gasteiger partial charge in [-0.25, -0.2) is 4.99 Å². The van der Waals surface area contributed by atoms with E-state index in [-0.39, 0.29) is 10.6 Å². The number of amidine groups is 1. The molecule has 1 fully saturated rings. The van der Waals surface area contributed by atoms with Crippen molar-refractivity contribution in [2.45, 2.75) is 72.8 Å². The molecular formula is C21H33N3O2. The molecule has 0 amide bonds. The van der Waals surface area contributed by atoms with Crippen LogP contribution in [0, 0.1) is 28.9 Å². The van der Waals surface area contributed by atoms with Crippen molar-refractivity contribution in [2.24, 2.45) is 16.8 Å². The van der Waals surface area contributed by atoms with E-state index in [0.29, 0.717) is 17.9 Å². The maximum atomic E-state index is 11.0. The highest BCUT2D eigenvalue weighted by Crippen LogP contribution is 2.30. The Bertz CT molecular complexity index is 655. The molecule has 5 heteroatoms. The van der Waals surface area contributed by atoms with Gasteiger partial charge in [0, 0.05) is 31.1 Å². The number of rotatable bonds is 6. The van der Waals surface area contributed by atoms with E-state index in [1.54, 1.807) is 18.2 Å². The highest BCUT2D eigenvalue weighted by Gasteiger charge is 2.29. The van der Waals surface area contributed by atoms with Crippen LogP contribution in [0.1, 0.15) is 65.4 Å². The summed E-state index contributed by atoms with van der Waals surface area (Å²) >= 11 is 0. The average Bonchev–Trinajstić information content (AvgIpc) is 2.78. The molecule has 144 valence electrons. The lowest BCUT2D eigenvalue weighted by molar-refractivity contribution is -0.384. The first-order valence-corrected chi connectivity index (χ1v) is 9.92. The number of likely N-dealkylation sites (tertiary alicyclic amines) is 1. The lowest BCUT2D eigenvalue weighted by Gasteiger charge is -2.37. The van der Waals surface area contributed by atoms with E-state index in [0.717, 1.165) is 36.5 Å². The van der Waals surface area contributed by atoms with E-state index < -0.39 is 0 Å². The molecule has 0 saturated carbocycles. The molecule has 1 aromatic carbocycles. The Balaban J connectivity index is 2.41. The molecule has 0 radical (unpaired) electrons. The monoisotopic (exact) mass is 359 g/mol. The summed E-state index contributed by atoms with van der Waals surface area (Å²) < 4.78 is 0. The number of hydrogen-bond donors (Lipinski definition) is 0. The number of nitro benzene ring substituents is 1. The molecule has 2 atom stereocenters. The molecule has 1 heterocycles. The van der Waals surface area contributed by atoms with Crippen LogP contribution in [0.25, 0.3) is 0 Å². The first-order valence-electron chi connectivity index (χ1n) is 9.92. The van der Waals surface area contributed by atoms with Crippen LogP contribution in [-0.4, -0.2) is 28.2 Å². The van der Waals surface area contributed by atoms with Crippen LogP contribution in [0.4, 0.5) is 11.4 Å². The molecule has 0 aromatic heterocycles. The molecule has 1 aliphatic heterocycles. The lowest BCUT2D eigenvalue weighted by atomic mass is 9.93. The first kappa shape index (κ1) is 20.4. The summed E-state index contributed by atoms with van der Waals surface area (Å²) in [4.78, 5) is 18.2. The third-order valence-corrected chi connectivity index (χ3v) is 5.39. The average molecular weight is 360 g/mol. The number of benzene rings is 1. The minimum Gasteiger partial charge on any atom is -0.357 e. The Hall–Kier alpha value is -1.91. The Morgan fingerprint density at radius 3 is 2.62 bits per heavy atom. The van der Waals surface area contributed by atoms with E-state index in [4.69, 9.17) is 4.99 Å². The second-order valence-electron chi connectivity index (χ2n) is 8.00. The van der Waals surface area contributed by atoms with Crippen molar-refractivity contribution in [2.75, 3.05) is 6.54 Å². The van der Waals surface area contributed by atoms with Crippen molar-refractivity contribution in [3.8, 4) is 0 Å². The topological polar surface area (TPSA) is 58.7 Å². The van der Waals surface area contributed by atoms with E-state index in [1.165, 1.54) is 19.3 Å². The van der Waals surface area contributed by atoms with Gasteiger partial charge < -0.3 is 4.90 Å². The second kappa shape index (κ2) is 9.15. The quantitative estimate of drug-likeness (QED) is 0.471. The molecule has 2 unspecified atom stereocenters. The summed E-state index contributed by atoms with van der Waals surface area (Å²) in [6.07, 6.45) is 5.77. The van der Waals surface area contributed by atoms with Crippen LogP contribution in [0.5, 0.6) is 0 Å². The lowest BCUT2D eigenvalue weighted by Crippen LogP contribution is -2.44. The fourth-order valence-corrected chi connectivity index (χ4v) is 3.76. The number of aliphatic imine (C=N–C) groups is 1. The number of nitrogens with zero attached hydrogens (tertiary/aromatic N) is 3. The van der Waals surface area contributed by atoms with Crippen molar-refractivity contribution >= 4 is 17.2 Å². The van der Waals surface area contributed by atoms with E-state index in [2.05, 4.69) is 32.6 Å². The van der Waals surface area contributed by atoms with Crippen LogP contribution in [0.2, 0.25) is 0 Å². The van der Waals surface area contributed by atoms with Gasteiger partial charge in [-0.3, -0.25) is 10.1 Å². The number of aryl methyl sites for hydroxylation is 1. The van der Waals surface area contributed by atoms with Crippen molar-refractivity contribution in [3.05, 3.63) is 33.9 Å². The first-order chi connectivity index (χ1) is 12.3. The zero-order chi connectivity index (χ0) is 19.3. The minimum atomic E-state index is -0.348. The minimum absolute atomic E-state index is 0.129. The van der Waals surface area contributed by atoms with Gasteiger partial charge in [0.05, 0.1) is 10.6 Å². The van der Waals surface area contributed by atoms with Gasteiger partial charge in [0.1, 0.15) is 5.84 Å². The van der Waals surface area contributed by atoms with Gasteiger partial charge in [-0.05, 0) is 43.2 Å². The van der Waals surface area contributed by atoms with Gasteiger partial charge >= 0.3 is 0 Å². The Morgan fingerprint density at radius 1 is 1.31 bits per heavy atom. The Morgan fingerprint density at radius 2 is 2.04 bits per heavy atom. The van der Waals surface area contributed by atoms with Crippen LogP contribution in [0.3, 0.4) is 0 Å². The predicted molar refractivity (Wildman–Crippen MR) is 108 cm³/mol. The molecular weight excluding hydrogens is 326 g/mol. The highest BCUT2D eigenvalue weighted by molar-refractivity contribution is 5.86. The Labute approximate surface area is 157 Å². The molecule has 1 aliphatic rings. The van der Waals surface area contributed by atoms with Gasteiger partial charge in [0.2, 0.25) is 0 Å². The molecule has 26 heavy (non-hydrogen) atoms. The normalized spacial score (nSPS) is 21.1. The third-order valence-electron chi connectivity index (χ3n) is 5.39. The molecule has 0 N–H and O–H groups in total. The largest absolute Gasteiger partial charge is 0.357 e. The third kappa shape index (κ3) is 5.05. The Kier molecular flexibility index (Phi) is 7.18. The molecule has 1 aromatic rings. The fraction of sp³-hybridized carbons (Fsp3) is 0.667. The van der Waals surface area contributed by atoms with Crippen molar-refractivity contribution < 1.29 is 4.92 Å². The predicted octanol–water partition coefficient (Wildman–Crippen LogP) is 5.88. The summed E-state index contributed by atoms with van der Waals surface area (Å²) in [7, 11) is 0. The number of non-ortho nitro benzene ring substituents is 1. The maximum absolute atomic E-state index is 11.0. The molecule has 0 bridgehead atoms. The fourth-order valence-electron chi connectivity index (χ4n) is 3.76. The van der Waals surface area contributed by atoms with E-state index in [9.17, 15) is 10.1 Å². The second-order valence-corrected chi connectivity index (χ2v) is 8.00. The molecule has 1 saturated heterocycles. The van der Waals surface area contributed by atoms with Gasteiger partial charge in [-0.1, -0.05) is 40.5 Å². The van der Waals surface area contributed by atoms with Crippen LogP contribution < -0.4 is 0 Å². The zero-order valence-corrected chi connectivity index (χ0v) is 16.9. The number of hydrogen-bond acceptors (Lipinski definition) is 3. The van der Waals surface area contributed by atoms with Gasteiger partial charge in [-0.2, -0.15) is 0 Å². The summed E-state index contributed by atoms with van der Waals surface area (Å²) in [5.41, 5.74) is 1.84. The molecule has 0 aliphatic carbocycles. The summed E-state index contributed by atoms with van der Waals surface area (Å²) in [5.74, 6) is 2.36. The SMILES string of the molecule is CCC(C)C1CCCCC(=Nc2ccc([N+](=O)[O-])cc2C)N1CC(C)C. The van der Waals surface area contributed by atoms with Crippen LogP contribution in [0.15, 0.2) is 23.2 Å². The maximum Gasteiger partial charge on any atom is 0.269 e. The zero-order valence-electron chi connectivity index (χ0n) is 16.9. The van der Waals surface area contributed by atoms with Crippen LogP contribution in [-0.2, 0) is 0 Å². The van der Waals surface area contributed by atoms with Crippen molar-refractivity contribution in [3.63, 3.8) is 0 Å². The summed E-state index contributed by atoms with van der Waals surface area (Å²) in [6.45, 7) is 12.0. The standard InChI is InChI=1S/C21H33N3O2/c1-6-16(4)20-9-7-8-10-21(23(20)14-15(2)3)22-19-12-11-18(24(25)26)13-17(19)5/h11-13,15-16,20H,6-10,14H2,1-5H3. The molecule has 0 spiro atoms. The summed E-state index contributed by atoms with van der Waals surface area (Å²) in [6, 6.07) is 5.50. The van der Waals surface area contributed by atoms with Crippen molar-refractivity contribution in [1.82, 2.24) is 4.90 Å². The van der Waals surface area contributed by atoms with Gasteiger partial charge in [-0.15, -0.1) is 0 Å². The van der Waals surface area contributed by atoms with Crippen molar-refractivity contribution in [1.29, 1.82) is 0 Å². The molecule has 5 nitrogen and oxygen atoms in total. The number of nitro groups is 1. The van der Waals surface area contributed by atoms with Gasteiger partial charge in [0.25, 0.3) is 5.69 Å². The van der Waals surface area contributed by atoms with E-state index in [1.807, 2.05) is 6.92 Å². The summed E-state index contributed by atoms with van der Waals surface area (Å²) in [5, 5.41) is 11.0. The molecule has 2 rings (SSSR count). The smallest absolute Gasteiger partial charge is 0.269 e. The van der Waals surface area contributed by atoms with Crippen LogP contribution >= 0.6 is 0 Å².